The van der Waals surface area contributed by atoms with Gasteiger partial charge in [0, 0.05) is 18.1 Å². The summed E-state index contributed by atoms with van der Waals surface area (Å²) < 4.78 is 11.9. The second-order valence-corrected chi connectivity index (χ2v) is 8.95. The van der Waals surface area contributed by atoms with Crippen molar-refractivity contribution in [2.45, 2.75) is 39.7 Å². The van der Waals surface area contributed by atoms with Crippen LogP contribution >= 0.6 is 11.6 Å². The second-order valence-electron chi connectivity index (χ2n) is 8.52. The van der Waals surface area contributed by atoms with E-state index in [1.807, 2.05) is 24.3 Å². The molecule has 7 heteroatoms. The average Bonchev–Trinajstić information content (AvgIpc) is 3.12. The van der Waals surface area contributed by atoms with Gasteiger partial charge in [-0.15, -0.1) is 0 Å². The van der Waals surface area contributed by atoms with Gasteiger partial charge in [0.2, 0.25) is 5.76 Å². The maximum atomic E-state index is 13.7. The highest BCUT2D eigenvalue weighted by Crippen LogP contribution is 2.39. The number of benzene rings is 2. The van der Waals surface area contributed by atoms with E-state index in [0.717, 1.165) is 37.2 Å². The highest BCUT2D eigenvalue weighted by atomic mass is 35.5. The number of hydrogen-bond acceptors (Lipinski definition) is 5. The minimum absolute atomic E-state index is 0.113. The molecule has 6 nitrogen and oxygen atoms in total. The Hall–Kier alpha value is -2.83. The van der Waals surface area contributed by atoms with Crippen LogP contribution in [0.3, 0.4) is 0 Å². The molecular weight excluding hydrogens is 452 g/mol. The summed E-state index contributed by atoms with van der Waals surface area (Å²) >= 11 is 6.17. The predicted octanol–water partition coefficient (Wildman–Crippen LogP) is 5.51. The molecule has 0 bridgehead atoms. The molecule has 3 aromatic rings. The number of ether oxygens (including phenoxy) is 1. The number of halogens is 1. The molecule has 180 valence electrons. The van der Waals surface area contributed by atoms with E-state index in [1.165, 1.54) is 0 Å². The Kier molecular flexibility index (Phi) is 7.59. The van der Waals surface area contributed by atoms with Gasteiger partial charge in [-0.1, -0.05) is 50.9 Å². The summed E-state index contributed by atoms with van der Waals surface area (Å²) in [6.45, 7) is 9.89. The van der Waals surface area contributed by atoms with Gasteiger partial charge >= 0.3 is 0 Å². The van der Waals surface area contributed by atoms with Crippen molar-refractivity contribution in [2.24, 2.45) is 0 Å². The standard InChI is InChI=1S/C27H31ClN2O4/c1-4-7-15-33-20-10-8-9-18(16-20)24-23-25(31)21-17-19(28)11-12-22(21)34-26(23)27(32)30(24)14-13-29(5-2)6-3/h8-12,16-17,24H,4-7,13-15H2,1-3H3. The molecule has 2 heterocycles. The molecule has 0 saturated carbocycles. The zero-order valence-electron chi connectivity index (χ0n) is 20.0. The molecule has 1 aromatic heterocycles. The molecule has 4 rings (SSSR count). The van der Waals surface area contributed by atoms with Crippen LogP contribution in [-0.2, 0) is 0 Å². The molecular formula is C27H31ClN2O4. The van der Waals surface area contributed by atoms with Crippen molar-refractivity contribution in [1.82, 2.24) is 9.80 Å². The van der Waals surface area contributed by atoms with Crippen LogP contribution in [-0.4, -0.2) is 48.5 Å². The number of rotatable bonds is 10. The van der Waals surface area contributed by atoms with Crippen LogP contribution in [0, 0.1) is 0 Å². The molecule has 1 aliphatic rings. The van der Waals surface area contributed by atoms with Gasteiger partial charge in [0.1, 0.15) is 11.3 Å². The third-order valence-corrected chi connectivity index (χ3v) is 6.65. The van der Waals surface area contributed by atoms with Crippen molar-refractivity contribution in [3.05, 3.63) is 74.6 Å². The normalized spacial score (nSPS) is 15.4. The largest absolute Gasteiger partial charge is 0.494 e. The monoisotopic (exact) mass is 482 g/mol. The van der Waals surface area contributed by atoms with Gasteiger partial charge in [0.25, 0.3) is 5.91 Å². The van der Waals surface area contributed by atoms with Crippen molar-refractivity contribution >= 4 is 28.5 Å². The molecule has 1 unspecified atom stereocenters. The first kappa shape index (κ1) is 24.3. The molecule has 0 spiro atoms. The van der Waals surface area contributed by atoms with E-state index in [9.17, 15) is 9.59 Å². The minimum atomic E-state index is -0.549. The van der Waals surface area contributed by atoms with Gasteiger partial charge in [-0.2, -0.15) is 0 Å². The van der Waals surface area contributed by atoms with Crippen molar-refractivity contribution < 1.29 is 13.9 Å². The number of carbonyl (C=O) groups is 1. The van der Waals surface area contributed by atoms with E-state index in [-0.39, 0.29) is 17.1 Å². The summed E-state index contributed by atoms with van der Waals surface area (Å²) in [5, 5.41) is 0.829. The minimum Gasteiger partial charge on any atom is -0.494 e. The Morgan fingerprint density at radius 2 is 1.88 bits per heavy atom. The molecule has 2 aromatic carbocycles. The average molecular weight is 483 g/mol. The van der Waals surface area contributed by atoms with Crippen molar-refractivity contribution in [3.8, 4) is 5.75 Å². The lowest BCUT2D eigenvalue weighted by molar-refractivity contribution is 0.0708. The number of amides is 1. The number of likely N-dealkylation sites (N-methyl/N-ethyl adjacent to an activating group) is 1. The molecule has 0 saturated heterocycles. The molecule has 0 N–H and O–H groups in total. The van der Waals surface area contributed by atoms with Crippen molar-refractivity contribution in [1.29, 1.82) is 0 Å². The van der Waals surface area contributed by atoms with Crippen LogP contribution in [0.5, 0.6) is 5.75 Å². The highest BCUT2D eigenvalue weighted by Gasteiger charge is 2.42. The quantitative estimate of drug-likeness (QED) is 0.356. The lowest BCUT2D eigenvalue weighted by Crippen LogP contribution is -2.37. The number of unbranched alkanes of at least 4 members (excludes halogenated alkanes) is 1. The number of fused-ring (bicyclic) bond motifs is 2. The zero-order valence-corrected chi connectivity index (χ0v) is 20.7. The van der Waals surface area contributed by atoms with E-state index in [0.29, 0.717) is 41.3 Å². The van der Waals surface area contributed by atoms with Crippen LogP contribution in [0.1, 0.15) is 61.3 Å². The van der Waals surface area contributed by atoms with Gasteiger partial charge < -0.3 is 19.0 Å². The maximum Gasteiger partial charge on any atom is 0.290 e. The molecule has 1 amide bonds. The lowest BCUT2D eigenvalue weighted by Gasteiger charge is -2.28. The second kappa shape index (κ2) is 10.6. The van der Waals surface area contributed by atoms with E-state index in [4.69, 9.17) is 20.8 Å². The van der Waals surface area contributed by atoms with E-state index in [1.54, 1.807) is 23.1 Å². The molecule has 0 aliphatic carbocycles. The Morgan fingerprint density at radius 3 is 2.62 bits per heavy atom. The van der Waals surface area contributed by atoms with Gasteiger partial charge in [0.05, 0.1) is 23.6 Å². The zero-order chi connectivity index (χ0) is 24.2. The van der Waals surface area contributed by atoms with Gasteiger partial charge in [-0.25, -0.2) is 0 Å². The number of nitrogens with zero attached hydrogens (tertiary/aromatic N) is 2. The van der Waals surface area contributed by atoms with E-state index < -0.39 is 6.04 Å². The first-order valence-corrected chi connectivity index (χ1v) is 12.4. The van der Waals surface area contributed by atoms with Crippen LogP contribution in [0.2, 0.25) is 5.02 Å². The van der Waals surface area contributed by atoms with E-state index in [2.05, 4.69) is 25.7 Å². The van der Waals surface area contributed by atoms with Crippen LogP contribution in [0.4, 0.5) is 0 Å². The molecule has 0 fully saturated rings. The Labute approximate surface area is 205 Å². The van der Waals surface area contributed by atoms with Gasteiger partial charge in [0.15, 0.2) is 5.43 Å². The maximum absolute atomic E-state index is 13.7. The summed E-state index contributed by atoms with van der Waals surface area (Å²) in [6, 6.07) is 12.0. The molecule has 1 aliphatic heterocycles. The smallest absolute Gasteiger partial charge is 0.290 e. The Balaban J connectivity index is 1.81. The summed E-state index contributed by atoms with van der Waals surface area (Å²) in [4.78, 5) is 31.2. The topological polar surface area (TPSA) is 63.0 Å². The fraction of sp³-hybridized carbons (Fsp3) is 0.407. The van der Waals surface area contributed by atoms with Crippen molar-refractivity contribution in [3.63, 3.8) is 0 Å². The summed E-state index contributed by atoms with van der Waals surface area (Å²) in [6.07, 6.45) is 2.00. The fourth-order valence-corrected chi connectivity index (χ4v) is 4.64. The lowest BCUT2D eigenvalue weighted by atomic mass is 9.98. The SMILES string of the molecule is CCCCOc1cccc(C2c3c(oc4ccc(Cl)cc4c3=O)C(=O)N2CCN(CC)CC)c1. The third-order valence-electron chi connectivity index (χ3n) is 6.42. The van der Waals surface area contributed by atoms with Crippen LogP contribution < -0.4 is 10.2 Å². The van der Waals surface area contributed by atoms with Crippen LogP contribution in [0.25, 0.3) is 11.0 Å². The van der Waals surface area contributed by atoms with Crippen molar-refractivity contribution in [2.75, 3.05) is 32.8 Å². The highest BCUT2D eigenvalue weighted by molar-refractivity contribution is 6.31. The Bertz CT molecular complexity index is 1240. The van der Waals surface area contributed by atoms with Gasteiger partial charge in [-0.05, 0) is 55.4 Å². The van der Waals surface area contributed by atoms with Crippen LogP contribution in [0.15, 0.2) is 51.7 Å². The van der Waals surface area contributed by atoms with Gasteiger partial charge in [-0.3, -0.25) is 9.59 Å². The fourth-order valence-electron chi connectivity index (χ4n) is 4.47. The number of carbonyl (C=O) groups excluding carboxylic acids is 1. The summed E-state index contributed by atoms with van der Waals surface area (Å²) in [5.74, 6) is 0.573. The Morgan fingerprint density at radius 1 is 1.09 bits per heavy atom. The van der Waals surface area contributed by atoms with E-state index >= 15 is 0 Å². The third kappa shape index (κ3) is 4.70. The first-order chi connectivity index (χ1) is 16.5. The molecule has 0 radical (unpaired) electrons. The summed E-state index contributed by atoms with van der Waals surface area (Å²) in [7, 11) is 0. The predicted molar refractivity (Wildman–Crippen MR) is 135 cm³/mol. The summed E-state index contributed by atoms with van der Waals surface area (Å²) in [5.41, 5.74) is 1.33. The number of hydrogen-bond donors (Lipinski definition) is 0. The first-order valence-electron chi connectivity index (χ1n) is 12.0. The molecule has 1 atom stereocenters. The molecule has 34 heavy (non-hydrogen) atoms.